The third kappa shape index (κ3) is 3.49. The van der Waals surface area contributed by atoms with Gasteiger partial charge in [0, 0.05) is 10.1 Å². The third-order valence-electron chi connectivity index (χ3n) is 4.75. The van der Waals surface area contributed by atoms with Gasteiger partial charge in [0.2, 0.25) is 0 Å². The van der Waals surface area contributed by atoms with Crippen LogP contribution in [0.1, 0.15) is 49.3 Å². The van der Waals surface area contributed by atoms with Crippen LogP contribution in [0.5, 0.6) is 0 Å². The minimum atomic E-state index is -0.307. The maximum absolute atomic E-state index is 12.6. The monoisotopic (exact) mass is 395 g/mol. The highest BCUT2D eigenvalue weighted by Gasteiger charge is 2.36. The molecule has 0 bridgehead atoms. The van der Waals surface area contributed by atoms with E-state index < -0.39 is 0 Å². The molecule has 0 unspecified atom stereocenters. The third-order valence-corrected chi connectivity index (χ3v) is 7.57. The summed E-state index contributed by atoms with van der Waals surface area (Å²) in [4.78, 5) is 13.8. The Morgan fingerprint density at radius 2 is 1.70 bits per heavy atom. The summed E-state index contributed by atoms with van der Waals surface area (Å²) in [5.41, 5.74) is 10.4. The molecule has 3 nitrogen and oxygen atoms in total. The number of nitrogens with two attached hydrogens (primary N) is 1. The SMILES string of the molecule is CCOC(=O)c1c(N)sc2c1C[C@H](c1ccccc1)S[C@@H]2c1ccccc1. The van der Waals surface area contributed by atoms with Gasteiger partial charge in [0.1, 0.15) is 5.00 Å². The second-order valence-corrected chi connectivity index (χ2v) is 8.83. The second kappa shape index (κ2) is 7.79. The fraction of sp³-hybridized carbons (Fsp3) is 0.227. The summed E-state index contributed by atoms with van der Waals surface area (Å²) in [5, 5.41) is 0.996. The van der Waals surface area contributed by atoms with E-state index in [0.717, 1.165) is 12.0 Å². The standard InChI is InChI=1S/C22H21NO2S2/c1-2-25-22(24)18-16-13-17(14-9-5-3-6-10-14)26-19(20(16)27-21(18)23)15-11-7-4-8-12-15/h3-12,17,19H,2,13,23H2,1H3/t17-,19-/m1/s1. The lowest BCUT2D eigenvalue weighted by atomic mass is 9.97. The van der Waals surface area contributed by atoms with Crippen LogP contribution in [0.2, 0.25) is 0 Å². The lowest BCUT2D eigenvalue weighted by molar-refractivity contribution is 0.0527. The number of carbonyl (C=O) groups is 1. The van der Waals surface area contributed by atoms with E-state index in [1.807, 2.05) is 30.8 Å². The van der Waals surface area contributed by atoms with Gasteiger partial charge in [-0.25, -0.2) is 4.79 Å². The number of carbonyl (C=O) groups excluding carboxylic acids is 1. The van der Waals surface area contributed by atoms with Gasteiger partial charge in [-0.3, -0.25) is 0 Å². The molecule has 0 saturated carbocycles. The highest BCUT2D eigenvalue weighted by Crippen LogP contribution is 2.55. The van der Waals surface area contributed by atoms with Gasteiger partial charge in [-0.15, -0.1) is 23.1 Å². The van der Waals surface area contributed by atoms with E-state index in [-0.39, 0.29) is 16.5 Å². The van der Waals surface area contributed by atoms with Gasteiger partial charge in [-0.2, -0.15) is 0 Å². The Morgan fingerprint density at radius 3 is 2.33 bits per heavy atom. The second-order valence-electron chi connectivity index (χ2n) is 6.43. The van der Waals surface area contributed by atoms with Gasteiger partial charge in [0.25, 0.3) is 0 Å². The number of esters is 1. The number of thiophene rings is 1. The zero-order chi connectivity index (χ0) is 18.8. The minimum Gasteiger partial charge on any atom is -0.462 e. The normalized spacial score (nSPS) is 18.7. The summed E-state index contributed by atoms with van der Waals surface area (Å²) < 4.78 is 5.30. The van der Waals surface area contributed by atoms with Crippen LogP contribution >= 0.6 is 23.1 Å². The zero-order valence-corrected chi connectivity index (χ0v) is 16.7. The van der Waals surface area contributed by atoms with E-state index in [0.29, 0.717) is 17.2 Å². The number of hydrogen-bond acceptors (Lipinski definition) is 5. The average molecular weight is 396 g/mol. The van der Waals surface area contributed by atoms with E-state index in [4.69, 9.17) is 10.5 Å². The molecule has 0 fully saturated rings. The highest BCUT2D eigenvalue weighted by molar-refractivity contribution is 8.00. The predicted octanol–water partition coefficient (Wildman–Crippen LogP) is 5.63. The molecule has 2 N–H and O–H groups in total. The van der Waals surface area contributed by atoms with Crippen LogP contribution in [-0.2, 0) is 11.2 Å². The van der Waals surface area contributed by atoms with E-state index in [1.54, 1.807) is 0 Å². The Labute approximate surface area is 167 Å². The molecule has 27 heavy (non-hydrogen) atoms. The van der Waals surface area contributed by atoms with Gasteiger partial charge in [-0.05, 0) is 30.0 Å². The number of fused-ring (bicyclic) bond motifs is 1. The first-order valence-corrected chi connectivity index (χ1v) is 10.8. The summed E-state index contributed by atoms with van der Waals surface area (Å²) >= 11 is 3.46. The number of benzene rings is 2. The van der Waals surface area contributed by atoms with Crippen LogP contribution in [0.3, 0.4) is 0 Å². The number of ether oxygens (including phenoxy) is 1. The molecule has 4 rings (SSSR count). The molecule has 0 spiro atoms. The Morgan fingerprint density at radius 1 is 1.07 bits per heavy atom. The lowest BCUT2D eigenvalue weighted by Gasteiger charge is -2.30. The number of thioether (sulfide) groups is 1. The Hall–Kier alpha value is -2.24. The lowest BCUT2D eigenvalue weighted by Crippen LogP contribution is -2.15. The molecule has 2 heterocycles. The molecule has 138 valence electrons. The van der Waals surface area contributed by atoms with Crippen molar-refractivity contribution < 1.29 is 9.53 Å². The summed E-state index contributed by atoms with van der Waals surface area (Å²) in [6, 6.07) is 20.9. The number of anilines is 1. The Kier molecular flexibility index (Phi) is 5.23. The molecule has 1 aliphatic heterocycles. The maximum atomic E-state index is 12.6. The van der Waals surface area contributed by atoms with Crippen LogP contribution in [0.25, 0.3) is 0 Å². The molecule has 2 aromatic carbocycles. The topological polar surface area (TPSA) is 52.3 Å². The van der Waals surface area contributed by atoms with Gasteiger partial charge >= 0.3 is 5.97 Å². The first kappa shape index (κ1) is 18.1. The number of rotatable bonds is 4. The summed E-state index contributed by atoms with van der Waals surface area (Å²) in [7, 11) is 0. The van der Waals surface area contributed by atoms with Crippen LogP contribution in [0, 0.1) is 0 Å². The van der Waals surface area contributed by atoms with Crippen LogP contribution in [0.4, 0.5) is 5.00 Å². The Bertz CT molecular complexity index is 938. The first-order valence-electron chi connectivity index (χ1n) is 9.02. The molecule has 3 aromatic rings. The zero-order valence-electron chi connectivity index (χ0n) is 15.1. The molecule has 1 aromatic heterocycles. The van der Waals surface area contributed by atoms with E-state index in [1.165, 1.54) is 27.3 Å². The van der Waals surface area contributed by atoms with E-state index in [2.05, 4.69) is 48.5 Å². The maximum Gasteiger partial charge on any atom is 0.341 e. The molecule has 0 saturated heterocycles. The fourth-order valence-corrected chi connectivity index (χ4v) is 6.42. The summed E-state index contributed by atoms with van der Waals surface area (Å²) in [6.45, 7) is 2.17. The largest absolute Gasteiger partial charge is 0.462 e. The van der Waals surface area contributed by atoms with E-state index in [9.17, 15) is 4.79 Å². The van der Waals surface area contributed by atoms with Gasteiger partial charge in [0.05, 0.1) is 17.4 Å². The van der Waals surface area contributed by atoms with E-state index >= 15 is 0 Å². The van der Waals surface area contributed by atoms with Crippen molar-refractivity contribution in [3.05, 3.63) is 87.8 Å². The predicted molar refractivity (Wildman–Crippen MR) is 113 cm³/mol. The molecule has 2 atom stereocenters. The average Bonchev–Trinajstić information content (AvgIpc) is 3.04. The van der Waals surface area contributed by atoms with Gasteiger partial charge in [-0.1, -0.05) is 60.7 Å². The highest BCUT2D eigenvalue weighted by atomic mass is 32.2. The van der Waals surface area contributed by atoms with Crippen molar-refractivity contribution in [3.8, 4) is 0 Å². The molecule has 0 radical (unpaired) electrons. The van der Waals surface area contributed by atoms with Crippen molar-refractivity contribution in [3.63, 3.8) is 0 Å². The van der Waals surface area contributed by atoms with Crippen LogP contribution < -0.4 is 5.73 Å². The van der Waals surface area contributed by atoms with Crippen LogP contribution in [0.15, 0.2) is 60.7 Å². The van der Waals surface area contributed by atoms with Crippen molar-refractivity contribution in [2.75, 3.05) is 12.3 Å². The van der Waals surface area contributed by atoms with Crippen molar-refractivity contribution in [1.29, 1.82) is 0 Å². The fourth-order valence-electron chi connectivity index (χ4n) is 3.53. The van der Waals surface area contributed by atoms with Gasteiger partial charge in [0.15, 0.2) is 0 Å². The Balaban J connectivity index is 1.83. The van der Waals surface area contributed by atoms with Crippen molar-refractivity contribution in [2.24, 2.45) is 0 Å². The first-order chi connectivity index (χ1) is 13.2. The van der Waals surface area contributed by atoms with Gasteiger partial charge < -0.3 is 10.5 Å². The number of hydrogen-bond donors (Lipinski definition) is 1. The van der Waals surface area contributed by atoms with Crippen molar-refractivity contribution in [2.45, 2.75) is 23.8 Å². The molecule has 1 aliphatic rings. The number of nitrogen functional groups attached to an aromatic ring is 1. The summed E-state index contributed by atoms with van der Waals surface area (Å²) in [5.74, 6) is -0.307. The van der Waals surface area contributed by atoms with Crippen LogP contribution in [-0.4, -0.2) is 12.6 Å². The smallest absolute Gasteiger partial charge is 0.341 e. The summed E-state index contributed by atoms with van der Waals surface area (Å²) in [6.07, 6.45) is 0.787. The molecule has 5 heteroatoms. The molecule has 0 aliphatic carbocycles. The molecular formula is C22H21NO2S2. The van der Waals surface area contributed by atoms with Crippen molar-refractivity contribution in [1.82, 2.24) is 0 Å². The molecule has 0 amide bonds. The molecular weight excluding hydrogens is 374 g/mol. The quantitative estimate of drug-likeness (QED) is 0.582. The van der Waals surface area contributed by atoms with Crippen molar-refractivity contribution >= 4 is 34.1 Å². The minimum absolute atomic E-state index is 0.163.